The summed E-state index contributed by atoms with van der Waals surface area (Å²) >= 11 is 0. The van der Waals surface area contributed by atoms with E-state index in [1.807, 2.05) is 24.3 Å². The maximum atomic E-state index is 12.0. The van der Waals surface area contributed by atoms with Gasteiger partial charge in [-0.05, 0) is 30.7 Å². The summed E-state index contributed by atoms with van der Waals surface area (Å²) in [7, 11) is 0. The third-order valence-corrected chi connectivity index (χ3v) is 3.78. The smallest absolute Gasteiger partial charge is 0.315 e. The molecule has 3 heterocycles. The monoisotopic (exact) mass is 331 g/mol. The fourth-order valence-electron chi connectivity index (χ4n) is 2.53. The van der Waals surface area contributed by atoms with Crippen LogP contribution in [0.15, 0.2) is 47.2 Å². The minimum atomic E-state index is -0.270. The lowest BCUT2D eigenvalue weighted by Gasteiger charge is -2.32. The van der Waals surface area contributed by atoms with E-state index in [-0.39, 0.29) is 18.2 Å². The van der Waals surface area contributed by atoms with Gasteiger partial charge in [0.05, 0.1) is 43.9 Å². The normalized spacial score (nSPS) is 20.5. The van der Waals surface area contributed by atoms with E-state index in [0.717, 1.165) is 12.1 Å². The van der Waals surface area contributed by atoms with Crippen LogP contribution < -0.4 is 10.6 Å². The Labute approximate surface area is 140 Å². The second kappa shape index (κ2) is 8.47. The molecule has 0 saturated carbocycles. The van der Waals surface area contributed by atoms with Crippen molar-refractivity contribution < 1.29 is 18.7 Å². The Bertz CT molecular complexity index is 618. The molecule has 128 valence electrons. The van der Waals surface area contributed by atoms with Gasteiger partial charge >= 0.3 is 6.03 Å². The zero-order valence-electron chi connectivity index (χ0n) is 13.3. The molecule has 3 rings (SSSR count). The van der Waals surface area contributed by atoms with Crippen LogP contribution in [0.2, 0.25) is 0 Å². The number of nitrogens with zero attached hydrogens (tertiary/aromatic N) is 1. The highest BCUT2D eigenvalue weighted by atomic mass is 16.5. The molecule has 2 amide bonds. The van der Waals surface area contributed by atoms with Gasteiger partial charge in [0.1, 0.15) is 5.76 Å². The van der Waals surface area contributed by atoms with Gasteiger partial charge in [0.15, 0.2) is 0 Å². The summed E-state index contributed by atoms with van der Waals surface area (Å²) in [6.07, 6.45) is 3.94. The number of amides is 2. The SMILES string of the molecule is O=C(NCc1ccco1)N[C@@H]1COCC[C@H]1OCc1ccccn1. The Morgan fingerprint density at radius 1 is 1.33 bits per heavy atom. The van der Waals surface area contributed by atoms with Crippen molar-refractivity contribution >= 4 is 6.03 Å². The van der Waals surface area contributed by atoms with Crippen molar-refractivity contribution in [2.75, 3.05) is 13.2 Å². The fraction of sp³-hybridized carbons (Fsp3) is 0.412. The average Bonchev–Trinajstić information content (AvgIpc) is 3.14. The second-order valence-electron chi connectivity index (χ2n) is 5.55. The largest absolute Gasteiger partial charge is 0.467 e. The Kier molecular flexibility index (Phi) is 5.81. The average molecular weight is 331 g/mol. The van der Waals surface area contributed by atoms with E-state index in [1.54, 1.807) is 18.5 Å². The molecular formula is C17H21N3O4. The molecule has 2 aromatic rings. The van der Waals surface area contributed by atoms with Crippen LogP contribution in [-0.2, 0) is 22.6 Å². The van der Waals surface area contributed by atoms with Gasteiger partial charge in [-0.1, -0.05) is 6.07 Å². The zero-order chi connectivity index (χ0) is 16.6. The fourth-order valence-corrected chi connectivity index (χ4v) is 2.53. The molecule has 24 heavy (non-hydrogen) atoms. The van der Waals surface area contributed by atoms with Gasteiger partial charge in [-0.15, -0.1) is 0 Å². The van der Waals surface area contributed by atoms with Crippen LogP contribution >= 0.6 is 0 Å². The van der Waals surface area contributed by atoms with Crippen LogP contribution in [0.1, 0.15) is 17.9 Å². The molecule has 0 aromatic carbocycles. The molecule has 0 bridgehead atoms. The van der Waals surface area contributed by atoms with Gasteiger partial charge < -0.3 is 24.5 Å². The number of aromatic nitrogens is 1. The zero-order valence-corrected chi connectivity index (χ0v) is 13.3. The molecule has 0 radical (unpaired) electrons. The Morgan fingerprint density at radius 3 is 3.08 bits per heavy atom. The number of carbonyl (C=O) groups excluding carboxylic acids is 1. The van der Waals surface area contributed by atoms with Gasteiger partial charge in [0.2, 0.25) is 0 Å². The van der Waals surface area contributed by atoms with Crippen molar-refractivity contribution in [1.82, 2.24) is 15.6 Å². The van der Waals surface area contributed by atoms with Gasteiger partial charge in [-0.2, -0.15) is 0 Å². The second-order valence-corrected chi connectivity index (χ2v) is 5.55. The number of pyridine rings is 1. The number of furan rings is 1. The van der Waals surface area contributed by atoms with Crippen LogP contribution in [0.25, 0.3) is 0 Å². The van der Waals surface area contributed by atoms with Crippen LogP contribution in [0.3, 0.4) is 0 Å². The standard InChI is InChI=1S/C17H21N3O4/c21-17(19-10-14-5-3-8-23-14)20-15-12-22-9-6-16(15)24-11-13-4-1-2-7-18-13/h1-5,7-8,15-16H,6,9-12H2,(H2,19,20,21)/t15-,16-/m1/s1. The summed E-state index contributed by atoms with van der Waals surface area (Å²) in [4.78, 5) is 16.3. The molecule has 1 aliphatic rings. The van der Waals surface area contributed by atoms with Crippen LogP contribution in [0.4, 0.5) is 4.79 Å². The Balaban J connectivity index is 1.47. The van der Waals surface area contributed by atoms with Gasteiger partial charge in [-0.25, -0.2) is 4.79 Å². The van der Waals surface area contributed by atoms with E-state index >= 15 is 0 Å². The lowest BCUT2D eigenvalue weighted by atomic mass is 10.1. The molecular weight excluding hydrogens is 310 g/mol. The number of ether oxygens (including phenoxy) is 2. The summed E-state index contributed by atoms with van der Waals surface area (Å²) in [5.74, 6) is 0.702. The van der Waals surface area contributed by atoms with Gasteiger partial charge in [0, 0.05) is 12.8 Å². The summed E-state index contributed by atoms with van der Waals surface area (Å²) in [6.45, 7) is 1.81. The molecule has 0 aliphatic carbocycles. The lowest BCUT2D eigenvalue weighted by molar-refractivity contribution is -0.0603. The molecule has 7 nitrogen and oxygen atoms in total. The first-order valence-corrected chi connectivity index (χ1v) is 7.97. The van der Waals surface area contributed by atoms with Crippen molar-refractivity contribution in [2.45, 2.75) is 31.7 Å². The third-order valence-electron chi connectivity index (χ3n) is 3.78. The lowest BCUT2D eigenvalue weighted by Crippen LogP contribution is -2.53. The first-order chi connectivity index (χ1) is 11.8. The minimum Gasteiger partial charge on any atom is -0.467 e. The predicted molar refractivity (Wildman–Crippen MR) is 86.1 cm³/mol. The van der Waals surface area contributed by atoms with Crippen molar-refractivity contribution in [1.29, 1.82) is 0 Å². The first-order valence-electron chi connectivity index (χ1n) is 7.97. The summed E-state index contributed by atoms with van der Waals surface area (Å²) in [6, 6.07) is 8.83. The number of rotatable bonds is 6. The first kappa shape index (κ1) is 16.5. The molecule has 0 spiro atoms. The highest BCUT2D eigenvalue weighted by Crippen LogP contribution is 2.14. The van der Waals surface area contributed by atoms with E-state index in [9.17, 15) is 4.79 Å². The van der Waals surface area contributed by atoms with E-state index in [2.05, 4.69) is 15.6 Å². The number of hydrogen-bond donors (Lipinski definition) is 2. The van der Waals surface area contributed by atoms with E-state index in [1.165, 1.54) is 0 Å². The molecule has 1 fully saturated rings. The number of hydrogen-bond acceptors (Lipinski definition) is 5. The Morgan fingerprint density at radius 2 is 2.29 bits per heavy atom. The van der Waals surface area contributed by atoms with Crippen LogP contribution in [-0.4, -0.2) is 36.4 Å². The topological polar surface area (TPSA) is 85.6 Å². The van der Waals surface area contributed by atoms with Gasteiger partial charge in [-0.3, -0.25) is 4.98 Å². The molecule has 2 atom stereocenters. The van der Waals surface area contributed by atoms with E-state index < -0.39 is 0 Å². The summed E-state index contributed by atoms with van der Waals surface area (Å²) in [5.41, 5.74) is 0.866. The van der Waals surface area contributed by atoms with E-state index in [0.29, 0.717) is 32.1 Å². The number of nitrogens with one attached hydrogen (secondary N) is 2. The summed E-state index contributed by atoms with van der Waals surface area (Å²) < 4.78 is 16.6. The maximum absolute atomic E-state index is 12.0. The van der Waals surface area contributed by atoms with E-state index in [4.69, 9.17) is 13.9 Å². The van der Waals surface area contributed by atoms with Crippen molar-refractivity contribution in [3.05, 3.63) is 54.2 Å². The van der Waals surface area contributed by atoms with Crippen LogP contribution in [0, 0.1) is 0 Å². The molecule has 7 heteroatoms. The molecule has 0 unspecified atom stereocenters. The van der Waals surface area contributed by atoms with Crippen LogP contribution in [0.5, 0.6) is 0 Å². The number of carbonyl (C=O) groups is 1. The third kappa shape index (κ3) is 4.81. The predicted octanol–water partition coefficient (Wildman–Crippen LogP) is 1.85. The molecule has 2 N–H and O–H groups in total. The molecule has 1 saturated heterocycles. The van der Waals surface area contributed by atoms with Gasteiger partial charge in [0.25, 0.3) is 0 Å². The van der Waals surface area contributed by atoms with Crippen molar-refractivity contribution in [3.63, 3.8) is 0 Å². The Hall–Kier alpha value is -2.38. The van der Waals surface area contributed by atoms with Crippen molar-refractivity contribution in [2.24, 2.45) is 0 Å². The summed E-state index contributed by atoms with van der Waals surface area (Å²) in [5, 5.41) is 5.66. The molecule has 2 aromatic heterocycles. The minimum absolute atomic E-state index is 0.102. The maximum Gasteiger partial charge on any atom is 0.315 e. The molecule has 1 aliphatic heterocycles. The number of urea groups is 1. The quantitative estimate of drug-likeness (QED) is 0.844. The highest BCUT2D eigenvalue weighted by Gasteiger charge is 2.28. The van der Waals surface area contributed by atoms with Crippen molar-refractivity contribution in [3.8, 4) is 0 Å². The highest BCUT2D eigenvalue weighted by molar-refractivity contribution is 5.74.